The number of likely N-dealkylation sites (tertiary alicyclic amines) is 1. The van der Waals surface area contributed by atoms with E-state index in [0.29, 0.717) is 18.0 Å². The lowest BCUT2D eigenvalue weighted by molar-refractivity contribution is 0.0195. The molecule has 0 radical (unpaired) electrons. The number of morpholine rings is 1. The minimum Gasteiger partial charge on any atom is -0.379 e. The lowest BCUT2D eigenvalue weighted by Gasteiger charge is -2.32. The van der Waals surface area contributed by atoms with Crippen LogP contribution in [0.3, 0.4) is 0 Å². The number of nitrogens with zero attached hydrogens (tertiary/aromatic N) is 3. The zero-order chi connectivity index (χ0) is 17.2. The predicted octanol–water partition coefficient (Wildman–Crippen LogP) is 2.80. The Labute approximate surface area is 178 Å². The Morgan fingerprint density at radius 3 is 2.81 bits per heavy atom. The molecule has 2 heterocycles. The van der Waals surface area contributed by atoms with E-state index in [1.165, 1.54) is 12.0 Å². The fourth-order valence-electron chi connectivity index (χ4n) is 4.10. The van der Waals surface area contributed by atoms with Crippen LogP contribution in [0.2, 0.25) is 5.02 Å². The number of hydrogen-bond donors (Lipinski definition) is 1. The number of guanidine groups is 1. The van der Waals surface area contributed by atoms with Crippen molar-refractivity contribution in [1.82, 2.24) is 15.1 Å². The Balaban J connectivity index is 0.00000196. The summed E-state index contributed by atoms with van der Waals surface area (Å²) in [7, 11) is 1.89. The van der Waals surface area contributed by atoms with Crippen molar-refractivity contribution in [2.75, 3.05) is 46.4 Å². The molecule has 1 saturated carbocycles. The van der Waals surface area contributed by atoms with E-state index in [2.05, 4.69) is 32.2 Å². The van der Waals surface area contributed by atoms with Crippen LogP contribution >= 0.6 is 35.6 Å². The van der Waals surface area contributed by atoms with Gasteiger partial charge in [0.25, 0.3) is 0 Å². The first kappa shape index (κ1) is 20.2. The SMILES string of the molecule is CN=C(NC1CC1c1cccc(Cl)c1)N1CCC(N2CCOCC2)C1.I. The number of ether oxygens (including phenoxy) is 1. The van der Waals surface area contributed by atoms with Crippen molar-refractivity contribution in [2.45, 2.75) is 30.8 Å². The quantitative estimate of drug-likeness (QED) is 0.402. The molecular weight excluding hydrogens is 463 g/mol. The van der Waals surface area contributed by atoms with Crippen LogP contribution in [0.1, 0.15) is 24.3 Å². The first-order valence-corrected chi connectivity index (χ1v) is 9.68. The molecule has 0 amide bonds. The zero-order valence-corrected chi connectivity index (χ0v) is 18.3. The largest absolute Gasteiger partial charge is 0.379 e. The molecule has 1 aromatic rings. The standard InChI is InChI=1S/C19H27ClN4O.HI/c1-21-19(22-18-12-17(18)14-3-2-4-15(20)11-14)24-6-5-16(13-24)23-7-9-25-10-8-23;/h2-4,11,16-18H,5-10,12-13H2,1H3,(H,21,22);1H. The molecule has 3 fully saturated rings. The van der Waals surface area contributed by atoms with E-state index in [9.17, 15) is 0 Å². The maximum atomic E-state index is 6.12. The summed E-state index contributed by atoms with van der Waals surface area (Å²) in [6, 6.07) is 9.33. The van der Waals surface area contributed by atoms with Gasteiger partial charge in [0.1, 0.15) is 0 Å². The van der Waals surface area contributed by atoms with E-state index >= 15 is 0 Å². The van der Waals surface area contributed by atoms with E-state index in [-0.39, 0.29) is 24.0 Å². The minimum absolute atomic E-state index is 0. The summed E-state index contributed by atoms with van der Waals surface area (Å²) >= 11 is 6.12. The first-order chi connectivity index (χ1) is 12.2. The number of aliphatic imine (C=N–C) groups is 1. The molecule has 3 aliphatic rings. The topological polar surface area (TPSA) is 40.1 Å². The van der Waals surface area contributed by atoms with Crippen LogP contribution in [-0.4, -0.2) is 74.3 Å². The van der Waals surface area contributed by atoms with Gasteiger partial charge in [-0.2, -0.15) is 0 Å². The van der Waals surface area contributed by atoms with E-state index in [1.807, 2.05) is 19.2 Å². The Morgan fingerprint density at radius 1 is 1.27 bits per heavy atom. The molecule has 1 N–H and O–H groups in total. The Kier molecular flexibility index (Phi) is 7.05. The molecule has 3 atom stereocenters. The molecule has 1 aromatic carbocycles. The van der Waals surface area contributed by atoms with Gasteiger partial charge >= 0.3 is 0 Å². The first-order valence-electron chi connectivity index (χ1n) is 9.30. The molecule has 2 aliphatic heterocycles. The number of hydrogen-bond acceptors (Lipinski definition) is 3. The number of rotatable bonds is 3. The monoisotopic (exact) mass is 490 g/mol. The Bertz CT molecular complexity index is 638. The average molecular weight is 491 g/mol. The molecule has 1 aliphatic carbocycles. The lowest BCUT2D eigenvalue weighted by atomic mass is 10.1. The molecule has 7 heteroatoms. The normalized spacial score (nSPS) is 29.4. The van der Waals surface area contributed by atoms with Gasteiger partial charge in [-0.25, -0.2) is 0 Å². The van der Waals surface area contributed by atoms with Crippen LogP contribution < -0.4 is 5.32 Å². The highest BCUT2D eigenvalue weighted by molar-refractivity contribution is 14.0. The summed E-state index contributed by atoms with van der Waals surface area (Å²) in [6.45, 7) is 6.00. The van der Waals surface area contributed by atoms with Gasteiger partial charge in [0.15, 0.2) is 5.96 Å². The maximum Gasteiger partial charge on any atom is 0.193 e. The van der Waals surface area contributed by atoms with Crippen molar-refractivity contribution >= 4 is 41.5 Å². The third kappa shape index (κ3) is 4.64. The molecule has 0 aromatic heterocycles. The fourth-order valence-corrected chi connectivity index (χ4v) is 4.30. The molecule has 2 saturated heterocycles. The highest BCUT2D eigenvalue weighted by atomic mass is 127. The molecule has 4 rings (SSSR count). The molecule has 0 bridgehead atoms. The number of benzene rings is 1. The minimum atomic E-state index is 0. The number of halogens is 2. The van der Waals surface area contributed by atoms with Crippen LogP contribution in [-0.2, 0) is 4.74 Å². The third-order valence-electron chi connectivity index (χ3n) is 5.62. The molecule has 144 valence electrons. The fraction of sp³-hybridized carbons (Fsp3) is 0.632. The van der Waals surface area contributed by atoms with E-state index in [0.717, 1.165) is 56.8 Å². The number of nitrogens with one attached hydrogen (secondary N) is 1. The van der Waals surface area contributed by atoms with Crippen molar-refractivity contribution < 1.29 is 4.74 Å². The second-order valence-electron chi connectivity index (χ2n) is 7.23. The Hall–Kier alpha value is -0.570. The van der Waals surface area contributed by atoms with Gasteiger partial charge in [0.05, 0.1) is 13.2 Å². The van der Waals surface area contributed by atoms with Gasteiger partial charge in [-0.3, -0.25) is 9.89 Å². The van der Waals surface area contributed by atoms with Crippen molar-refractivity contribution in [2.24, 2.45) is 4.99 Å². The molecule has 5 nitrogen and oxygen atoms in total. The van der Waals surface area contributed by atoms with Gasteiger partial charge in [-0.15, -0.1) is 24.0 Å². The summed E-state index contributed by atoms with van der Waals surface area (Å²) in [5.74, 6) is 1.60. The maximum absolute atomic E-state index is 6.12. The zero-order valence-electron chi connectivity index (χ0n) is 15.2. The summed E-state index contributed by atoms with van der Waals surface area (Å²) in [6.07, 6.45) is 2.36. The van der Waals surface area contributed by atoms with Crippen molar-refractivity contribution in [3.63, 3.8) is 0 Å². The third-order valence-corrected chi connectivity index (χ3v) is 5.85. The second kappa shape index (κ2) is 9.08. The predicted molar refractivity (Wildman–Crippen MR) is 117 cm³/mol. The smallest absolute Gasteiger partial charge is 0.193 e. The van der Waals surface area contributed by atoms with Crippen LogP contribution in [0.25, 0.3) is 0 Å². The van der Waals surface area contributed by atoms with Crippen LogP contribution in [0.15, 0.2) is 29.3 Å². The van der Waals surface area contributed by atoms with Gasteiger partial charge in [0, 0.05) is 56.3 Å². The lowest BCUT2D eigenvalue weighted by Crippen LogP contribution is -2.47. The van der Waals surface area contributed by atoms with E-state index < -0.39 is 0 Å². The molecule has 26 heavy (non-hydrogen) atoms. The summed E-state index contributed by atoms with van der Waals surface area (Å²) in [5, 5.41) is 4.48. The van der Waals surface area contributed by atoms with Crippen molar-refractivity contribution in [3.8, 4) is 0 Å². The second-order valence-corrected chi connectivity index (χ2v) is 7.67. The van der Waals surface area contributed by atoms with Gasteiger partial charge in [0.2, 0.25) is 0 Å². The highest BCUT2D eigenvalue weighted by Gasteiger charge is 2.40. The van der Waals surface area contributed by atoms with Crippen molar-refractivity contribution in [1.29, 1.82) is 0 Å². The summed E-state index contributed by atoms with van der Waals surface area (Å²) in [4.78, 5) is 9.52. The van der Waals surface area contributed by atoms with Crippen LogP contribution in [0, 0.1) is 0 Å². The van der Waals surface area contributed by atoms with Gasteiger partial charge < -0.3 is 15.0 Å². The van der Waals surface area contributed by atoms with Crippen LogP contribution in [0.4, 0.5) is 0 Å². The molecule has 3 unspecified atom stereocenters. The van der Waals surface area contributed by atoms with Crippen molar-refractivity contribution in [3.05, 3.63) is 34.9 Å². The van der Waals surface area contributed by atoms with Gasteiger partial charge in [-0.05, 0) is 30.5 Å². The van der Waals surface area contributed by atoms with E-state index in [1.54, 1.807) is 0 Å². The summed E-state index contributed by atoms with van der Waals surface area (Å²) in [5.41, 5.74) is 1.33. The molecular formula is C19H28ClIN4O. The van der Waals surface area contributed by atoms with Crippen LogP contribution in [0.5, 0.6) is 0 Å². The Morgan fingerprint density at radius 2 is 2.08 bits per heavy atom. The van der Waals surface area contributed by atoms with E-state index in [4.69, 9.17) is 16.3 Å². The summed E-state index contributed by atoms with van der Waals surface area (Å²) < 4.78 is 5.48. The van der Waals surface area contributed by atoms with Gasteiger partial charge in [-0.1, -0.05) is 23.7 Å². The molecule has 0 spiro atoms. The average Bonchev–Trinajstić information content (AvgIpc) is 3.25. The highest BCUT2D eigenvalue weighted by Crippen LogP contribution is 2.41.